The summed E-state index contributed by atoms with van der Waals surface area (Å²) in [7, 11) is 8.20. The molecule has 0 aliphatic heterocycles. The van der Waals surface area contributed by atoms with Crippen LogP contribution in [0.5, 0.6) is 5.75 Å². The van der Waals surface area contributed by atoms with Gasteiger partial charge in [-0.1, -0.05) is 120 Å². The van der Waals surface area contributed by atoms with Gasteiger partial charge in [0.25, 0.3) is 0 Å². The number of phenols is 1. The molecule has 0 radical (unpaired) electrons. The molecule has 0 atom stereocenters. The average Bonchev–Trinajstić information content (AvgIpc) is 3.77. The molecule has 0 amide bonds. The Bertz CT molecular complexity index is 3060. The Morgan fingerprint density at radius 3 is 1.85 bits per heavy atom. The summed E-state index contributed by atoms with van der Waals surface area (Å²) in [5, 5.41) is 18.2. The lowest BCUT2D eigenvalue weighted by Crippen LogP contribution is -2.44. The molecule has 10 aromatic rings. The Hall–Kier alpha value is -6.39. The van der Waals surface area contributed by atoms with E-state index in [-0.39, 0.29) is 0 Å². The molecular weight excluding hydrogens is 644 g/mol. The predicted molar refractivity (Wildman–Crippen MR) is 234 cm³/mol. The van der Waals surface area contributed by atoms with Crippen LogP contribution in [0.15, 0.2) is 144 Å². The molecule has 0 unspecified atom stereocenters. The third-order valence-electron chi connectivity index (χ3n) is 11.4. The first kappa shape index (κ1) is 31.4. The summed E-state index contributed by atoms with van der Waals surface area (Å²) in [6.45, 7) is 0. The van der Waals surface area contributed by atoms with E-state index in [4.69, 9.17) is 9.40 Å². The van der Waals surface area contributed by atoms with Crippen LogP contribution in [-0.4, -0.2) is 46.0 Å². The number of rotatable bonds is 4. The van der Waals surface area contributed by atoms with Crippen molar-refractivity contribution in [3.8, 4) is 45.1 Å². The van der Waals surface area contributed by atoms with Crippen LogP contribution in [0.25, 0.3) is 93.8 Å². The molecule has 10 rings (SSSR count). The number of para-hydroxylation sites is 3. The Labute approximate surface area is 310 Å². The normalized spacial score (nSPS) is 11.8. The van der Waals surface area contributed by atoms with Gasteiger partial charge in [-0.05, 0) is 85.7 Å². The number of nitrogens with zero attached hydrogens (tertiary/aromatic N) is 2. The van der Waals surface area contributed by atoms with Crippen LogP contribution < -0.4 is 21.9 Å². The lowest BCUT2D eigenvalue weighted by molar-refractivity contribution is 0.484. The number of furan rings is 1. The maximum Gasteiger partial charge on any atom is 0.145 e. The Morgan fingerprint density at radius 2 is 1.11 bits per heavy atom. The predicted octanol–water partition coefficient (Wildman–Crippen LogP) is 4.97. The summed E-state index contributed by atoms with van der Waals surface area (Å²) in [5.74, 6) is 1.15. The first-order valence-corrected chi connectivity index (χ1v) is 18.1. The SMILES string of the molecule is Bc1c(B)c(O)c(B)c(-c2nc3ccccc3n2-c2cccc(-c3c4ccccc4c(-c4cccc5oc6ccccc6c45)c4ccccc34)c2)c1B. The first-order chi connectivity index (χ1) is 25.9. The molecule has 2 heterocycles. The van der Waals surface area contributed by atoms with Crippen molar-refractivity contribution in [2.75, 3.05) is 0 Å². The van der Waals surface area contributed by atoms with E-state index in [2.05, 4.69) is 142 Å². The number of hydrogen-bond donors (Lipinski definition) is 1. The van der Waals surface area contributed by atoms with E-state index in [1.807, 2.05) is 33.9 Å². The molecule has 0 aliphatic carbocycles. The molecule has 0 saturated carbocycles. The average molecular weight is 676 g/mol. The smallest absolute Gasteiger partial charge is 0.145 e. The van der Waals surface area contributed by atoms with E-state index in [9.17, 15) is 5.11 Å². The highest BCUT2D eigenvalue weighted by atomic mass is 16.3. The van der Waals surface area contributed by atoms with Crippen molar-refractivity contribution in [2.45, 2.75) is 0 Å². The fourth-order valence-corrected chi connectivity index (χ4v) is 8.63. The van der Waals surface area contributed by atoms with E-state index < -0.39 is 0 Å². The molecule has 0 aliphatic rings. The number of aromatic hydroxyl groups is 1. The number of benzene rings is 8. The van der Waals surface area contributed by atoms with Crippen LogP contribution in [0.3, 0.4) is 0 Å². The standard InChI is InChI=1S/C45H32B4N2O2/c46-40-39(41(47)44(52)43(49)42(40)48)45-50-32-19-6-7-20-33(32)51(45)25-12-9-11-24(23-25)36-26-13-1-3-15-28(26)37(29-16-4-2-14-27(29)36)31-18-10-22-35-38(31)30-17-5-8-21-34(30)53-35/h1-23,52H,46-49H2. The molecule has 0 spiro atoms. The van der Waals surface area contributed by atoms with Gasteiger partial charge in [0.05, 0.1) is 11.0 Å². The third-order valence-corrected chi connectivity index (χ3v) is 11.4. The molecule has 1 N–H and O–H groups in total. The van der Waals surface area contributed by atoms with Crippen molar-refractivity contribution >= 4 is 108 Å². The molecule has 0 bridgehead atoms. The number of hydrogen-bond acceptors (Lipinski definition) is 3. The lowest BCUT2D eigenvalue weighted by Gasteiger charge is -2.20. The molecule has 2 aromatic heterocycles. The maximum atomic E-state index is 11.2. The van der Waals surface area contributed by atoms with Crippen molar-refractivity contribution in [2.24, 2.45) is 0 Å². The van der Waals surface area contributed by atoms with Gasteiger partial charge in [0.1, 0.15) is 54.1 Å². The zero-order valence-corrected chi connectivity index (χ0v) is 30.0. The van der Waals surface area contributed by atoms with Crippen molar-refractivity contribution in [1.29, 1.82) is 0 Å². The Morgan fingerprint density at radius 1 is 0.509 bits per heavy atom. The highest BCUT2D eigenvalue weighted by Crippen LogP contribution is 2.47. The van der Waals surface area contributed by atoms with E-state index in [1.165, 1.54) is 32.7 Å². The Kier molecular flexibility index (Phi) is 7.00. The zero-order chi connectivity index (χ0) is 36.0. The van der Waals surface area contributed by atoms with Gasteiger partial charge in [-0.3, -0.25) is 4.57 Å². The van der Waals surface area contributed by atoms with Gasteiger partial charge in [0.15, 0.2) is 0 Å². The van der Waals surface area contributed by atoms with E-state index in [1.54, 1.807) is 0 Å². The van der Waals surface area contributed by atoms with Crippen molar-refractivity contribution in [3.05, 3.63) is 140 Å². The molecule has 246 valence electrons. The minimum absolute atomic E-state index is 0.326. The molecule has 0 fully saturated rings. The molecule has 0 saturated heterocycles. The van der Waals surface area contributed by atoms with E-state index in [0.717, 1.165) is 83.0 Å². The minimum atomic E-state index is 0.326. The summed E-state index contributed by atoms with van der Waals surface area (Å²) in [6.07, 6.45) is 0. The molecular formula is C45H32B4N2O2. The van der Waals surface area contributed by atoms with Gasteiger partial charge in [-0.15, -0.1) is 0 Å². The zero-order valence-electron chi connectivity index (χ0n) is 30.0. The fourth-order valence-electron chi connectivity index (χ4n) is 8.63. The number of imidazole rings is 1. The molecule has 4 nitrogen and oxygen atoms in total. The monoisotopic (exact) mass is 676 g/mol. The van der Waals surface area contributed by atoms with Crippen molar-refractivity contribution in [1.82, 2.24) is 9.55 Å². The summed E-state index contributed by atoms with van der Waals surface area (Å²) >= 11 is 0. The minimum Gasteiger partial charge on any atom is -0.509 e. The molecule has 8 heteroatoms. The van der Waals surface area contributed by atoms with E-state index >= 15 is 0 Å². The maximum absolute atomic E-state index is 11.2. The second kappa shape index (κ2) is 11.8. The second-order valence-corrected chi connectivity index (χ2v) is 14.2. The quantitative estimate of drug-likeness (QED) is 0.212. The lowest BCUT2D eigenvalue weighted by atomic mass is 9.66. The van der Waals surface area contributed by atoms with Crippen molar-refractivity contribution < 1.29 is 9.52 Å². The van der Waals surface area contributed by atoms with Gasteiger partial charge in [0.2, 0.25) is 0 Å². The van der Waals surface area contributed by atoms with Crippen LogP contribution in [0.1, 0.15) is 0 Å². The summed E-state index contributed by atoms with van der Waals surface area (Å²) in [6, 6.07) is 49.4. The number of fused-ring (bicyclic) bond motifs is 6. The molecule has 8 aromatic carbocycles. The topological polar surface area (TPSA) is 51.2 Å². The van der Waals surface area contributed by atoms with Gasteiger partial charge >= 0.3 is 0 Å². The largest absolute Gasteiger partial charge is 0.509 e. The highest BCUT2D eigenvalue weighted by molar-refractivity contribution is 6.62. The second-order valence-electron chi connectivity index (χ2n) is 14.2. The fraction of sp³-hybridized carbons (Fsp3) is 0. The van der Waals surface area contributed by atoms with Crippen LogP contribution in [-0.2, 0) is 0 Å². The van der Waals surface area contributed by atoms with Gasteiger partial charge in [0, 0.05) is 22.0 Å². The van der Waals surface area contributed by atoms with Gasteiger partial charge < -0.3 is 9.52 Å². The van der Waals surface area contributed by atoms with Crippen molar-refractivity contribution in [3.63, 3.8) is 0 Å². The van der Waals surface area contributed by atoms with Crippen LogP contribution >= 0.6 is 0 Å². The number of phenolic OH excluding ortho intramolecular Hbond substituents is 1. The van der Waals surface area contributed by atoms with Crippen LogP contribution in [0, 0.1) is 0 Å². The van der Waals surface area contributed by atoms with E-state index in [0.29, 0.717) is 5.75 Å². The summed E-state index contributed by atoms with van der Waals surface area (Å²) < 4.78 is 8.62. The Balaban J connectivity index is 1.26. The number of aromatic nitrogens is 2. The van der Waals surface area contributed by atoms with Gasteiger partial charge in [-0.2, -0.15) is 0 Å². The summed E-state index contributed by atoms with van der Waals surface area (Å²) in [4.78, 5) is 5.23. The molecule has 53 heavy (non-hydrogen) atoms. The third kappa shape index (κ3) is 4.58. The van der Waals surface area contributed by atoms with Crippen LogP contribution in [0.2, 0.25) is 0 Å². The highest BCUT2D eigenvalue weighted by Gasteiger charge is 2.23. The summed E-state index contributed by atoms with van der Waals surface area (Å²) in [5.41, 5.74) is 14.3. The van der Waals surface area contributed by atoms with Crippen LogP contribution in [0.4, 0.5) is 0 Å². The first-order valence-electron chi connectivity index (χ1n) is 18.1. The van der Waals surface area contributed by atoms with Gasteiger partial charge in [-0.25, -0.2) is 4.98 Å².